The number of nitrogens with one attached hydrogen (secondary N) is 1. The Hall–Kier alpha value is -1.92. The molecule has 2 aromatic rings. The molecule has 1 aliphatic heterocycles. The molecule has 6 nitrogen and oxygen atoms in total. The lowest BCUT2D eigenvalue weighted by atomic mass is 10.2. The summed E-state index contributed by atoms with van der Waals surface area (Å²) in [6, 6.07) is 8.41. The molecule has 2 heterocycles. The second-order valence-electron chi connectivity index (χ2n) is 6.59. The predicted octanol–water partition coefficient (Wildman–Crippen LogP) is 1.83. The molecule has 1 fully saturated rings. The summed E-state index contributed by atoms with van der Waals surface area (Å²) in [5, 5.41) is 3.12. The summed E-state index contributed by atoms with van der Waals surface area (Å²) in [5.74, 6) is 1.01. The van der Waals surface area contributed by atoms with Gasteiger partial charge in [-0.05, 0) is 31.5 Å². The molecular formula is C19H28N4O2. The molecule has 1 unspecified atom stereocenters. The number of carbonyl (C=O) groups excluding carboxylic acids is 1. The second-order valence-corrected chi connectivity index (χ2v) is 6.59. The first kappa shape index (κ1) is 17.9. The van der Waals surface area contributed by atoms with Crippen LogP contribution in [0.2, 0.25) is 0 Å². The molecule has 1 N–H and O–H groups in total. The van der Waals surface area contributed by atoms with Gasteiger partial charge in [-0.2, -0.15) is 0 Å². The van der Waals surface area contributed by atoms with Crippen LogP contribution in [0.1, 0.15) is 25.6 Å². The van der Waals surface area contributed by atoms with Gasteiger partial charge in [0, 0.05) is 32.7 Å². The molecule has 0 aliphatic carbocycles. The summed E-state index contributed by atoms with van der Waals surface area (Å²) in [6.45, 7) is 5.87. The summed E-state index contributed by atoms with van der Waals surface area (Å²) >= 11 is 0. The number of para-hydroxylation sites is 2. The Morgan fingerprint density at radius 3 is 3.04 bits per heavy atom. The minimum atomic E-state index is 0.0523. The van der Waals surface area contributed by atoms with E-state index in [2.05, 4.69) is 22.1 Å². The minimum absolute atomic E-state index is 0.0523. The van der Waals surface area contributed by atoms with Crippen molar-refractivity contribution in [1.82, 2.24) is 19.8 Å². The van der Waals surface area contributed by atoms with Crippen LogP contribution >= 0.6 is 0 Å². The maximum atomic E-state index is 12.5. The van der Waals surface area contributed by atoms with Crippen molar-refractivity contribution < 1.29 is 9.53 Å². The average Bonchev–Trinajstić information content (AvgIpc) is 3.22. The number of hydrogen-bond acceptors (Lipinski definition) is 4. The van der Waals surface area contributed by atoms with E-state index in [1.807, 2.05) is 28.8 Å². The number of fused-ring (bicyclic) bond motifs is 1. The first-order valence-corrected chi connectivity index (χ1v) is 9.16. The van der Waals surface area contributed by atoms with Crippen LogP contribution in [0.4, 0.5) is 0 Å². The third-order valence-electron chi connectivity index (χ3n) is 4.97. The average molecular weight is 344 g/mol. The fourth-order valence-corrected chi connectivity index (χ4v) is 3.63. The number of aryl methyl sites for hydroxylation is 1. The number of likely N-dealkylation sites (tertiary alicyclic amines) is 1. The van der Waals surface area contributed by atoms with Crippen LogP contribution in [0, 0.1) is 0 Å². The molecule has 1 aromatic carbocycles. The van der Waals surface area contributed by atoms with Gasteiger partial charge in [0.15, 0.2) is 0 Å². The molecule has 0 spiro atoms. The molecule has 0 bridgehead atoms. The van der Waals surface area contributed by atoms with Crippen molar-refractivity contribution in [2.45, 2.75) is 38.8 Å². The fourth-order valence-electron chi connectivity index (χ4n) is 3.63. The number of imidazole rings is 1. The van der Waals surface area contributed by atoms with E-state index >= 15 is 0 Å². The van der Waals surface area contributed by atoms with Gasteiger partial charge in [0.1, 0.15) is 12.4 Å². The molecule has 6 heteroatoms. The minimum Gasteiger partial charge on any atom is -0.383 e. The van der Waals surface area contributed by atoms with Crippen LogP contribution in [0.3, 0.4) is 0 Å². The zero-order valence-corrected chi connectivity index (χ0v) is 15.2. The van der Waals surface area contributed by atoms with Gasteiger partial charge in [-0.15, -0.1) is 0 Å². The van der Waals surface area contributed by atoms with Crippen molar-refractivity contribution in [2.24, 2.45) is 0 Å². The van der Waals surface area contributed by atoms with Gasteiger partial charge in [-0.1, -0.05) is 19.1 Å². The standard InChI is InChI=1S/C19H28N4O2/c1-3-18-21-16-8-4-5-9-17(16)23(18)14-19(24)20-13-15-7-6-10-22(15)11-12-25-2/h4-5,8-9,15H,3,6-7,10-14H2,1-2H3,(H,20,24). The number of amides is 1. The molecule has 1 saturated heterocycles. The van der Waals surface area contributed by atoms with E-state index < -0.39 is 0 Å². The third kappa shape index (κ3) is 4.19. The van der Waals surface area contributed by atoms with Crippen LogP contribution in [0.25, 0.3) is 11.0 Å². The molecule has 25 heavy (non-hydrogen) atoms. The molecule has 1 aliphatic rings. The Morgan fingerprint density at radius 1 is 1.40 bits per heavy atom. The highest BCUT2D eigenvalue weighted by Crippen LogP contribution is 2.17. The highest BCUT2D eigenvalue weighted by molar-refractivity contribution is 5.81. The summed E-state index contributed by atoms with van der Waals surface area (Å²) < 4.78 is 7.20. The lowest BCUT2D eigenvalue weighted by Crippen LogP contribution is -2.42. The number of hydrogen-bond donors (Lipinski definition) is 1. The zero-order valence-electron chi connectivity index (χ0n) is 15.2. The van der Waals surface area contributed by atoms with Crippen molar-refractivity contribution in [3.05, 3.63) is 30.1 Å². The molecule has 0 saturated carbocycles. The molecule has 136 valence electrons. The number of methoxy groups -OCH3 is 1. The summed E-state index contributed by atoms with van der Waals surface area (Å²) in [6.07, 6.45) is 3.14. The fraction of sp³-hybridized carbons (Fsp3) is 0.579. The van der Waals surface area contributed by atoms with Gasteiger partial charge in [-0.25, -0.2) is 4.98 Å². The Morgan fingerprint density at radius 2 is 2.24 bits per heavy atom. The number of carbonyl (C=O) groups is 1. The highest BCUT2D eigenvalue weighted by atomic mass is 16.5. The normalized spacial score (nSPS) is 18.1. The van der Waals surface area contributed by atoms with Crippen molar-refractivity contribution in [3.63, 3.8) is 0 Å². The summed E-state index contributed by atoms with van der Waals surface area (Å²) in [4.78, 5) is 19.5. The number of ether oxygens (including phenoxy) is 1. The van der Waals surface area contributed by atoms with Gasteiger partial charge >= 0.3 is 0 Å². The second kappa shape index (κ2) is 8.45. The summed E-state index contributed by atoms with van der Waals surface area (Å²) in [5.41, 5.74) is 1.98. The smallest absolute Gasteiger partial charge is 0.240 e. The maximum Gasteiger partial charge on any atom is 0.240 e. The molecule has 1 atom stereocenters. The van der Waals surface area contributed by atoms with Gasteiger partial charge in [0.05, 0.1) is 17.6 Å². The Bertz CT molecular complexity index is 713. The van der Waals surface area contributed by atoms with E-state index in [1.54, 1.807) is 7.11 Å². The zero-order chi connectivity index (χ0) is 17.6. The van der Waals surface area contributed by atoms with Crippen molar-refractivity contribution in [3.8, 4) is 0 Å². The molecule has 0 radical (unpaired) electrons. The van der Waals surface area contributed by atoms with Gasteiger partial charge in [0.25, 0.3) is 0 Å². The third-order valence-corrected chi connectivity index (χ3v) is 4.97. The molecule has 3 rings (SSSR count). The maximum absolute atomic E-state index is 12.5. The lowest BCUT2D eigenvalue weighted by Gasteiger charge is -2.24. The van der Waals surface area contributed by atoms with E-state index in [0.29, 0.717) is 19.1 Å². The number of rotatable bonds is 8. The van der Waals surface area contributed by atoms with Crippen LogP contribution in [0.15, 0.2) is 24.3 Å². The Kier molecular flexibility index (Phi) is 6.04. The summed E-state index contributed by atoms with van der Waals surface area (Å²) in [7, 11) is 1.73. The number of benzene rings is 1. The van der Waals surface area contributed by atoms with E-state index in [1.165, 1.54) is 6.42 Å². The monoisotopic (exact) mass is 344 g/mol. The van der Waals surface area contributed by atoms with Crippen molar-refractivity contribution in [1.29, 1.82) is 0 Å². The van der Waals surface area contributed by atoms with E-state index in [-0.39, 0.29) is 5.91 Å². The Balaban J connectivity index is 1.59. The van der Waals surface area contributed by atoms with Gasteiger partial charge in [0.2, 0.25) is 5.91 Å². The topological polar surface area (TPSA) is 59.4 Å². The number of nitrogens with zero attached hydrogens (tertiary/aromatic N) is 3. The first-order valence-electron chi connectivity index (χ1n) is 9.16. The van der Waals surface area contributed by atoms with Gasteiger partial charge < -0.3 is 14.6 Å². The largest absolute Gasteiger partial charge is 0.383 e. The first-order chi connectivity index (χ1) is 12.2. The van der Waals surface area contributed by atoms with Crippen LogP contribution in [-0.2, 0) is 22.5 Å². The van der Waals surface area contributed by atoms with Crippen molar-refractivity contribution in [2.75, 3.05) is 33.4 Å². The van der Waals surface area contributed by atoms with E-state index in [9.17, 15) is 4.79 Å². The van der Waals surface area contributed by atoms with E-state index in [0.717, 1.165) is 49.4 Å². The SMILES string of the molecule is CCc1nc2ccccc2n1CC(=O)NCC1CCCN1CCOC. The quantitative estimate of drug-likeness (QED) is 0.794. The Labute approximate surface area is 149 Å². The highest BCUT2D eigenvalue weighted by Gasteiger charge is 2.24. The molecule has 1 aromatic heterocycles. The predicted molar refractivity (Wildman–Crippen MR) is 98.6 cm³/mol. The van der Waals surface area contributed by atoms with Crippen LogP contribution < -0.4 is 5.32 Å². The van der Waals surface area contributed by atoms with Crippen LogP contribution in [0.5, 0.6) is 0 Å². The van der Waals surface area contributed by atoms with E-state index in [4.69, 9.17) is 4.74 Å². The molecular weight excluding hydrogens is 316 g/mol. The molecule has 1 amide bonds. The van der Waals surface area contributed by atoms with Crippen LogP contribution in [-0.4, -0.2) is 59.8 Å². The lowest BCUT2D eigenvalue weighted by molar-refractivity contribution is -0.121. The van der Waals surface area contributed by atoms with Gasteiger partial charge in [-0.3, -0.25) is 9.69 Å². The number of aromatic nitrogens is 2. The van der Waals surface area contributed by atoms with Crippen molar-refractivity contribution >= 4 is 16.9 Å².